The van der Waals surface area contributed by atoms with Gasteiger partial charge in [-0.1, -0.05) is 0 Å². The van der Waals surface area contributed by atoms with Gasteiger partial charge in [0.25, 0.3) is 0 Å². The fourth-order valence-electron chi connectivity index (χ4n) is 3.61. The fourth-order valence-corrected chi connectivity index (χ4v) is 3.61. The van der Waals surface area contributed by atoms with Gasteiger partial charge in [0, 0.05) is 13.7 Å². The first kappa shape index (κ1) is 17.4. The Hall–Kier alpha value is -0.400. The van der Waals surface area contributed by atoms with E-state index in [2.05, 4.69) is 0 Å². The van der Waals surface area contributed by atoms with E-state index in [4.69, 9.17) is 14.2 Å². The van der Waals surface area contributed by atoms with E-state index in [0.717, 1.165) is 0 Å². The van der Waals surface area contributed by atoms with Crippen LogP contribution in [0.5, 0.6) is 0 Å². The van der Waals surface area contributed by atoms with Gasteiger partial charge in [-0.3, -0.25) is 4.90 Å². The fraction of sp³-hybridized carbons (Fsp3) is 1.00. The molecule has 3 fully saturated rings. The molecule has 3 heterocycles. The molecule has 134 valence electrons. The predicted molar refractivity (Wildman–Crippen MR) is 71.9 cm³/mol. The Morgan fingerprint density at radius 1 is 0.957 bits per heavy atom. The monoisotopic (exact) mass is 337 g/mol. The summed E-state index contributed by atoms with van der Waals surface area (Å²) in [6.45, 7) is -0.420. The van der Waals surface area contributed by atoms with E-state index in [-0.39, 0.29) is 6.54 Å². The average molecular weight is 337 g/mol. The largest absolute Gasteiger partial charge is 0.394 e. The summed E-state index contributed by atoms with van der Waals surface area (Å²) in [6.07, 6.45) is -10.5. The van der Waals surface area contributed by atoms with Crippen molar-refractivity contribution >= 4 is 0 Å². The summed E-state index contributed by atoms with van der Waals surface area (Å²) in [5.74, 6) is 0. The van der Waals surface area contributed by atoms with E-state index < -0.39 is 67.9 Å². The molecule has 0 radical (unpaired) electrons. The zero-order chi connectivity index (χ0) is 16.9. The topological polar surface area (TPSA) is 152 Å². The van der Waals surface area contributed by atoms with Crippen molar-refractivity contribution in [3.8, 4) is 0 Å². The maximum atomic E-state index is 10.3. The summed E-state index contributed by atoms with van der Waals surface area (Å²) in [7, 11) is 1.36. The van der Waals surface area contributed by atoms with Crippen LogP contribution in [0.1, 0.15) is 0 Å². The highest BCUT2D eigenvalue weighted by atomic mass is 16.7. The van der Waals surface area contributed by atoms with E-state index in [0.29, 0.717) is 0 Å². The number of ether oxygens (including phenoxy) is 3. The molecule has 10 heteroatoms. The van der Waals surface area contributed by atoms with Crippen molar-refractivity contribution in [2.24, 2.45) is 0 Å². The van der Waals surface area contributed by atoms with Gasteiger partial charge >= 0.3 is 0 Å². The van der Waals surface area contributed by atoms with Crippen LogP contribution in [0, 0.1) is 0 Å². The molecule has 3 aliphatic rings. The number of likely N-dealkylation sites (tertiary alicyclic amines) is 1. The van der Waals surface area contributed by atoms with E-state index in [1.807, 2.05) is 0 Å². The standard InChI is InChI=1S/C13H23NO9/c1-21-13-9(18)6-7(16)4(23-13)2-14(6)12-11(20)10(19)8(17)5(3-15)22-12/h4-13,15-20H,2-3H2,1H3/t4-,5-,6+,7?,8-,9+,10+,11+,12+,13+/m1/s1. The van der Waals surface area contributed by atoms with E-state index in [9.17, 15) is 30.6 Å². The Morgan fingerprint density at radius 2 is 1.65 bits per heavy atom. The van der Waals surface area contributed by atoms with E-state index >= 15 is 0 Å². The molecule has 10 atom stereocenters. The zero-order valence-electron chi connectivity index (χ0n) is 12.5. The molecule has 3 aliphatic heterocycles. The third kappa shape index (κ3) is 2.68. The third-order valence-corrected chi connectivity index (χ3v) is 4.87. The molecule has 23 heavy (non-hydrogen) atoms. The van der Waals surface area contributed by atoms with Crippen molar-refractivity contribution in [3.63, 3.8) is 0 Å². The first-order chi connectivity index (χ1) is 10.9. The second-order valence-corrected chi connectivity index (χ2v) is 6.17. The minimum Gasteiger partial charge on any atom is -0.394 e. The molecule has 3 saturated heterocycles. The second-order valence-electron chi connectivity index (χ2n) is 6.17. The maximum Gasteiger partial charge on any atom is 0.185 e. The van der Waals surface area contributed by atoms with Crippen molar-refractivity contribution in [3.05, 3.63) is 0 Å². The number of rotatable bonds is 3. The van der Waals surface area contributed by atoms with Crippen LogP contribution in [0.15, 0.2) is 0 Å². The molecular weight excluding hydrogens is 314 g/mol. The van der Waals surface area contributed by atoms with Gasteiger partial charge in [-0.05, 0) is 0 Å². The number of hydrogen-bond acceptors (Lipinski definition) is 10. The van der Waals surface area contributed by atoms with Gasteiger partial charge in [0.05, 0.1) is 18.8 Å². The number of aliphatic hydroxyl groups excluding tert-OH is 6. The lowest BCUT2D eigenvalue weighted by molar-refractivity contribution is -0.280. The summed E-state index contributed by atoms with van der Waals surface area (Å²) >= 11 is 0. The highest BCUT2D eigenvalue weighted by Crippen LogP contribution is 2.36. The van der Waals surface area contributed by atoms with Crippen LogP contribution in [-0.4, -0.2) is 117 Å². The summed E-state index contributed by atoms with van der Waals surface area (Å²) in [4.78, 5) is 1.47. The lowest BCUT2D eigenvalue weighted by Crippen LogP contribution is -2.66. The molecule has 0 aromatic rings. The Balaban J connectivity index is 1.83. The van der Waals surface area contributed by atoms with Crippen molar-refractivity contribution in [2.75, 3.05) is 20.3 Å². The van der Waals surface area contributed by atoms with Crippen molar-refractivity contribution < 1.29 is 44.8 Å². The van der Waals surface area contributed by atoms with Crippen LogP contribution in [0.25, 0.3) is 0 Å². The first-order valence-corrected chi connectivity index (χ1v) is 7.51. The van der Waals surface area contributed by atoms with E-state index in [1.165, 1.54) is 12.0 Å². The number of aliphatic hydroxyl groups is 6. The molecule has 0 aromatic heterocycles. The second kappa shape index (κ2) is 6.48. The summed E-state index contributed by atoms with van der Waals surface area (Å²) in [5.41, 5.74) is 0. The van der Waals surface area contributed by atoms with Crippen LogP contribution in [0.4, 0.5) is 0 Å². The summed E-state index contributed by atoms with van der Waals surface area (Å²) < 4.78 is 16.0. The van der Waals surface area contributed by atoms with Gasteiger partial charge in [-0.25, -0.2) is 0 Å². The van der Waals surface area contributed by atoms with Crippen molar-refractivity contribution in [2.45, 2.75) is 61.3 Å². The molecular formula is C13H23NO9. The first-order valence-electron chi connectivity index (χ1n) is 7.51. The Kier molecular flexibility index (Phi) is 4.91. The molecule has 0 aromatic carbocycles. The Bertz CT molecular complexity index is 424. The lowest BCUT2D eigenvalue weighted by atomic mass is 9.96. The van der Waals surface area contributed by atoms with Gasteiger partial charge in [0.15, 0.2) is 6.29 Å². The van der Waals surface area contributed by atoms with E-state index in [1.54, 1.807) is 0 Å². The average Bonchev–Trinajstić information content (AvgIpc) is 2.77. The number of hydrogen-bond donors (Lipinski definition) is 6. The highest BCUT2D eigenvalue weighted by molar-refractivity contribution is 5.06. The normalized spacial score (nSPS) is 54.4. The predicted octanol–water partition coefficient (Wildman–Crippen LogP) is -4.44. The SMILES string of the molecule is CO[C@H]1O[C@@H]2CN([C@H]3O[C@H](CO)[C@@H](O)[C@H](O)[C@@H]3O)[C@@H](C2O)[C@@H]1O. The van der Waals surface area contributed by atoms with Gasteiger partial charge in [-0.15, -0.1) is 0 Å². The minimum atomic E-state index is -1.53. The molecule has 1 unspecified atom stereocenters. The third-order valence-electron chi connectivity index (χ3n) is 4.87. The van der Waals surface area contributed by atoms with Crippen molar-refractivity contribution in [1.82, 2.24) is 4.90 Å². The Labute approximate surface area is 132 Å². The van der Waals surface area contributed by atoms with Crippen molar-refractivity contribution in [1.29, 1.82) is 0 Å². The van der Waals surface area contributed by atoms with Crippen LogP contribution in [0.3, 0.4) is 0 Å². The highest BCUT2D eigenvalue weighted by Gasteiger charge is 2.58. The minimum absolute atomic E-state index is 0.130. The van der Waals surface area contributed by atoms with Crippen LogP contribution in [0.2, 0.25) is 0 Å². The van der Waals surface area contributed by atoms with Crippen LogP contribution < -0.4 is 0 Å². The van der Waals surface area contributed by atoms with Gasteiger partial charge in [0.2, 0.25) is 0 Å². The summed E-state index contributed by atoms with van der Waals surface area (Å²) in [6, 6.07) is -0.833. The lowest BCUT2D eigenvalue weighted by Gasteiger charge is -2.46. The smallest absolute Gasteiger partial charge is 0.185 e. The molecule has 0 amide bonds. The molecule has 2 bridgehead atoms. The van der Waals surface area contributed by atoms with Gasteiger partial charge in [-0.2, -0.15) is 0 Å². The number of fused-ring (bicyclic) bond motifs is 2. The molecule has 6 N–H and O–H groups in total. The summed E-state index contributed by atoms with van der Waals surface area (Å²) in [5, 5.41) is 59.7. The van der Waals surface area contributed by atoms with Gasteiger partial charge < -0.3 is 44.8 Å². The molecule has 3 rings (SSSR count). The Morgan fingerprint density at radius 3 is 2.26 bits per heavy atom. The van der Waals surface area contributed by atoms with Gasteiger partial charge in [0.1, 0.15) is 42.9 Å². The number of methoxy groups -OCH3 is 1. The zero-order valence-corrected chi connectivity index (χ0v) is 12.5. The molecule has 10 nitrogen and oxygen atoms in total. The quantitative estimate of drug-likeness (QED) is 0.297. The van der Waals surface area contributed by atoms with Crippen LogP contribution >= 0.6 is 0 Å². The number of nitrogens with zero attached hydrogens (tertiary/aromatic N) is 1. The molecule has 0 aliphatic carbocycles. The molecule has 0 saturated carbocycles. The molecule has 0 spiro atoms. The maximum absolute atomic E-state index is 10.3. The van der Waals surface area contributed by atoms with Crippen LogP contribution in [-0.2, 0) is 14.2 Å².